The number of nitrogens with zero attached hydrogens (tertiary/aromatic N) is 3. The van der Waals surface area contributed by atoms with E-state index in [4.69, 9.17) is 14.2 Å². The van der Waals surface area contributed by atoms with Gasteiger partial charge in [0.15, 0.2) is 0 Å². The molecular weight excluding hydrogens is 366 g/mol. The first-order chi connectivity index (χ1) is 13.6. The molecule has 3 saturated heterocycles. The maximum Gasteiger partial charge on any atom is 0.336 e. The molecule has 0 aromatic carbocycles. The Bertz CT molecular complexity index is 788. The van der Waals surface area contributed by atoms with Gasteiger partial charge in [-0.25, -0.2) is 28.1 Å². The molecule has 3 unspecified atom stereocenters. The Balaban J connectivity index is 1.48. The first kappa shape index (κ1) is 19.6. The first-order valence-corrected chi connectivity index (χ1v) is 10.4. The van der Waals surface area contributed by atoms with Gasteiger partial charge in [-0.15, -0.1) is 0 Å². The number of hydrogen-bond acceptors (Lipinski definition) is 6. The predicted molar refractivity (Wildman–Crippen MR) is 101 cm³/mol. The van der Waals surface area contributed by atoms with Crippen molar-refractivity contribution >= 4 is 0 Å². The number of ether oxygens (including phenoxy) is 3. The summed E-state index contributed by atoms with van der Waals surface area (Å²) in [4.78, 5) is 38.5. The molecule has 3 aliphatic rings. The summed E-state index contributed by atoms with van der Waals surface area (Å²) >= 11 is 0. The van der Waals surface area contributed by atoms with Gasteiger partial charge in [0.05, 0.1) is 38.1 Å². The molecule has 3 atom stereocenters. The second kappa shape index (κ2) is 8.75. The predicted octanol–water partition coefficient (Wildman–Crippen LogP) is 0.0988. The molecule has 0 saturated carbocycles. The van der Waals surface area contributed by atoms with Crippen LogP contribution in [0.3, 0.4) is 0 Å². The standard InChI is InChI=1S/C19H29N3O6/c23-17-20(8-2-1-5-14-11-26-14)18(24)22(10-4-7-16-13-28-16)19(25)21(17)9-3-6-15-12-27-15/h14-16H,1-13H2. The average Bonchev–Trinajstić information content (AvgIpc) is 3.54. The van der Waals surface area contributed by atoms with Crippen LogP contribution < -0.4 is 17.1 Å². The summed E-state index contributed by atoms with van der Waals surface area (Å²) in [6, 6.07) is 0. The SMILES string of the molecule is O=c1n(CCCCC2CO2)c(=O)n(CCCC2CO2)c(=O)n1CCCC1CO1. The van der Waals surface area contributed by atoms with Crippen molar-refractivity contribution in [3.05, 3.63) is 31.5 Å². The molecule has 0 N–H and O–H groups in total. The third-order valence-electron chi connectivity index (χ3n) is 5.57. The number of epoxide rings is 3. The van der Waals surface area contributed by atoms with Gasteiger partial charge in [0.25, 0.3) is 0 Å². The van der Waals surface area contributed by atoms with Crippen LogP contribution in [-0.2, 0) is 33.8 Å². The molecule has 1 aromatic heterocycles. The molecule has 156 valence electrons. The van der Waals surface area contributed by atoms with Crippen molar-refractivity contribution in [1.29, 1.82) is 0 Å². The van der Waals surface area contributed by atoms with Crippen LogP contribution in [0.2, 0.25) is 0 Å². The van der Waals surface area contributed by atoms with Gasteiger partial charge in [0.1, 0.15) is 0 Å². The Hall–Kier alpha value is -1.71. The monoisotopic (exact) mass is 395 g/mol. The van der Waals surface area contributed by atoms with Gasteiger partial charge in [0.2, 0.25) is 0 Å². The normalized spacial score (nSPS) is 25.1. The van der Waals surface area contributed by atoms with E-state index in [0.717, 1.165) is 51.9 Å². The zero-order chi connectivity index (χ0) is 19.5. The molecule has 9 heteroatoms. The van der Waals surface area contributed by atoms with Gasteiger partial charge < -0.3 is 14.2 Å². The van der Waals surface area contributed by atoms with Crippen LogP contribution in [0.4, 0.5) is 0 Å². The van der Waals surface area contributed by atoms with Gasteiger partial charge in [0, 0.05) is 19.6 Å². The minimum absolute atomic E-state index is 0.256. The van der Waals surface area contributed by atoms with Crippen molar-refractivity contribution < 1.29 is 14.2 Å². The molecule has 0 bridgehead atoms. The fourth-order valence-corrected chi connectivity index (χ4v) is 3.56. The molecular formula is C19H29N3O6. The first-order valence-electron chi connectivity index (χ1n) is 10.4. The highest BCUT2D eigenvalue weighted by molar-refractivity contribution is 4.81. The van der Waals surface area contributed by atoms with Crippen LogP contribution in [0, 0.1) is 0 Å². The largest absolute Gasteiger partial charge is 0.373 e. The highest BCUT2D eigenvalue weighted by atomic mass is 16.6. The molecule has 0 radical (unpaired) electrons. The van der Waals surface area contributed by atoms with Crippen LogP contribution >= 0.6 is 0 Å². The Morgan fingerprint density at radius 1 is 0.571 bits per heavy atom. The minimum atomic E-state index is -0.494. The summed E-state index contributed by atoms with van der Waals surface area (Å²) < 4.78 is 19.3. The second-order valence-corrected chi connectivity index (χ2v) is 7.95. The molecule has 4 heterocycles. The summed E-state index contributed by atoms with van der Waals surface area (Å²) in [6.07, 6.45) is 6.45. The molecule has 28 heavy (non-hydrogen) atoms. The quantitative estimate of drug-likeness (QED) is 0.347. The Kier molecular flexibility index (Phi) is 6.13. The molecule has 0 aliphatic carbocycles. The number of hydrogen-bond donors (Lipinski definition) is 0. The summed E-state index contributed by atoms with van der Waals surface area (Å²) in [6.45, 7) is 3.30. The van der Waals surface area contributed by atoms with E-state index < -0.39 is 17.1 Å². The summed E-state index contributed by atoms with van der Waals surface area (Å²) in [7, 11) is 0. The fourth-order valence-electron chi connectivity index (χ4n) is 3.56. The van der Waals surface area contributed by atoms with E-state index in [2.05, 4.69) is 0 Å². The van der Waals surface area contributed by atoms with Crippen molar-refractivity contribution in [2.24, 2.45) is 0 Å². The number of unbranched alkanes of at least 4 members (excludes halogenated alkanes) is 1. The van der Waals surface area contributed by atoms with Gasteiger partial charge in [-0.2, -0.15) is 0 Å². The minimum Gasteiger partial charge on any atom is -0.373 e. The lowest BCUT2D eigenvalue weighted by Gasteiger charge is -2.14. The van der Waals surface area contributed by atoms with Crippen molar-refractivity contribution in [1.82, 2.24) is 13.7 Å². The lowest BCUT2D eigenvalue weighted by Crippen LogP contribution is -2.54. The second-order valence-electron chi connectivity index (χ2n) is 7.95. The summed E-state index contributed by atoms with van der Waals surface area (Å²) in [5.41, 5.74) is -1.47. The topological polar surface area (TPSA) is 104 Å². The molecule has 1 aromatic rings. The fraction of sp³-hybridized carbons (Fsp3) is 0.842. The van der Waals surface area contributed by atoms with Crippen molar-refractivity contribution in [2.45, 2.75) is 82.9 Å². The van der Waals surface area contributed by atoms with Gasteiger partial charge in [-0.1, -0.05) is 0 Å². The van der Waals surface area contributed by atoms with Crippen LogP contribution in [0.25, 0.3) is 0 Å². The van der Waals surface area contributed by atoms with Gasteiger partial charge >= 0.3 is 17.1 Å². The van der Waals surface area contributed by atoms with E-state index in [1.807, 2.05) is 0 Å². The van der Waals surface area contributed by atoms with Crippen LogP contribution in [0.15, 0.2) is 14.4 Å². The van der Waals surface area contributed by atoms with E-state index >= 15 is 0 Å². The molecule has 0 spiro atoms. The average molecular weight is 395 g/mol. The number of rotatable bonds is 13. The zero-order valence-electron chi connectivity index (χ0n) is 16.2. The van der Waals surface area contributed by atoms with Crippen molar-refractivity contribution in [2.75, 3.05) is 19.8 Å². The highest BCUT2D eigenvalue weighted by Crippen LogP contribution is 2.17. The third kappa shape index (κ3) is 5.21. The lowest BCUT2D eigenvalue weighted by atomic mass is 10.2. The summed E-state index contributed by atoms with van der Waals surface area (Å²) in [5, 5.41) is 0. The van der Waals surface area contributed by atoms with E-state index in [1.165, 1.54) is 13.7 Å². The highest BCUT2D eigenvalue weighted by Gasteiger charge is 2.24. The van der Waals surface area contributed by atoms with Crippen LogP contribution in [0.5, 0.6) is 0 Å². The zero-order valence-corrected chi connectivity index (χ0v) is 16.2. The lowest BCUT2D eigenvalue weighted by molar-refractivity contribution is 0.363. The third-order valence-corrected chi connectivity index (χ3v) is 5.57. The van der Waals surface area contributed by atoms with Crippen LogP contribution in [0.1, 0.15) is 44.9 Å². The van der Waals surface area contributed by atoms with E-state index in [9.17, 15) is 14.4 Å². The molecule has 3 aliphatic heterocycles. The smallest absolute Gasteiger partial charge is 0.336 e. The molecule has 9 nitrogen and oxygen atoms in total. The number of aromatic nitrogens is 3. The molecule has 3 fully saturated rings. The van der Waals surface area contributed by atoms with Gasteiger partial charge in [-0.05, 0) is 44.9 Å². The maximum absolute atomic E-state index is 12.8. The van der Waals surface area contributed by atoms with Crippen molar-refractivity contribution in [3.8, 4) is 0 Å². The Labute approximate surface area is 162 Å². The molecule has 4 rings (SSSR count). The van der Waals surface area contributed by atoms with Crippen LogP contribution in [-0.4, -0.2) is 51.8 Å². The maximum atomic E-state index is 12.8. The van der Waals surface area contributed by atoms with E-state index in [1.54, 1.807) is 0 Å². The Morgan fingerprint density at radius 3 is 1.25 bits per heavy atom. The molecule has 0 amide bonds. The van der Waals surface area contributed by atoms with E-state index in [-0.39, 0.29) is 12.2 Å². The Morgan fingerprint density at radius 2 is 0.893 bits per heavy atom. The van der Waals surface area contributed by atoms with Gasteiger partial charge in [-0.3, -0.25) is 0 Å². The summed E-state index contributed by atoms with van der Waals surface area (Å²) in [5.74, 6) is 0. The van der Waals surface area contributed by atoms with E-state index in [0.29, 0.717) is 38.6 Å². The van der Waals surface area contributed by atoms with Crippen molar-refractivity contribution in [3.63, 3.8) is 0 Å².